The number of hydrogen-bond acceptors (Lipinski definition) is 1. The van der Waals surface area contributed by atoms with Crippen LogP contribution < -0.4 is 5.32 Å². The van der Waals surface area contributed by atoms with Crippen LogP contribution in [0.5, 0.6) is 0 Å². The summed E-state index contributed by atoms with van der Waals surface area (Å²) in [6, 6.07) is 11.7. The van der Waals surface area contributed by atoms with E-state index in [9.17, 15) is 8.78 Å². The first kappa shape index (κ1) is 13.7. The van der Waals surface area contributed by atoms with Gasteiger partial charge in [0.1, 0.15) is 0 Å². The zero-order valence-electron chi connectivity index (χ0n) is 10.9. The fourth-order valence-electron chi connectivity index (χ4n) is 1.94. The number of halogens is 2. The van der Waals surface area contributed by atoms with Crippen LogP contribution in [0.2, 0.25) is 0 Å². The highest BCUT2D eigenvalue weighted by molar-refractivity contribution is 5.64. The van der Waals surface area contributed by atoms with Crippen molar-refractivity contribution < 1.29 is 8.78 Å². The molecule has 0 saturated heterocycles. The molecule has 0 bridgehead atoms. The van der Waals surface area contributed by atoms with Gasteiger partial charge >= 0.3 is 0 Å². The molecular weight excluding hydrogens is 244 g/mol. The van der Waals surface area contributed by atoms with Crippen molar-refractivity contribution in [2.75, 3.05) is 6.54 Å². The van der Waals surface area contributed by atoms with Gasteiger partial charge in [-0.3, -0.25) is 0 Å². The van der Waals surface area contributed by atoms with Crippen molar-refractivity contribution in [3.63, 3.8) is 0 Å². The number of benzene rings is 2. The molecule has 0 aliphatic carbocycles. The molecule has 0 aliphatic rings. The molecule has 0 aromatic heterocycles. The first-order chi connectivity index (χ1) is 9.22. The Bertz CT molecular complexity index is 535. The predicted octanol–water partition coefficient (Wildman–Crippen LogP) is 4.13. The van der Waals surface area contributed by atoms with Gasteiger partial charge in [-0.25, -0.2) is 8.78 Å². The van der Waals surface area contributed by atoms with Crippen molar-refractivity contribution in [1.29, 1.82) is 0 Å². The van der Waals surface area contributed by atoms with Crippen LogP contribution in [0.3, 0.4) is 0 Å². The first-order valence-electron chi connectivity index (χ1n) is 6.46. The van der Waals surface area contributed by atoms with Crippen LogP contribution in [0.4, 0.5) is 8.78 Å². The maximum atomic E-state index is 13.6. The maximum Gasteiger partial charge on any atom is 0.166 e. The van der Waals surface area contributed by atoms with Crippen LogP contribution in [0.15, 0.2) is 42.5 Å². The Balaban J connectivity index is 2.16. The second-order valence-electron chi connectivity index (χ2n) is 4.48. The normalized spacial score (nSPS) is 10.7. The van der Waals surface area contributed by atoms with E-state index in [1.54, 1.807) is 6.07 Å². The van der Waals surface area contributed by atoms with Gasteiger partial charge in [0.25, 0.3) is 0 Å². The third-order valence-electron chi connectivity index (χ3n) is 2.97. The van der Waals surface area contributed by atoms with E-state index in [4.69, 9.17) is 0 Å². The summed E-state index contributed by atoms with van der Waals surface area (Å²) in [6.07, 6.45) is 1.09. The van der Waals surface area contributed by atoms with Gasteiger partial charge in [-0.05, 0) is 30.2 Å². The van der Waals surface area contributed by atoms with Gasteiger partial charge in [0.2, 0.25) is 0 Å². The summed E-state index contributed by atoms with van der Waals surface area (Å²) in [4.78, 5) is 0. The Kier molecular flexibility index (Phi) is 4.63. The molecule has 1 nitrogen and oxygen atoms in total. The number of nitrogens with one attached hydrogen (secondary N) is 1. The standard InChI is InChI=1S/C16H17F2N/c1-2-10-19-11-12-6-8-13(9-7-12)14-4-3-5-15(17)16(14)18/h3-9,19H,2,10-11H2,1H3. The molecule has 0 radical (unpaired) electrons. The zero-order chi connectivity index (χ0) is 13.7. The molecule has 1 N–H and O–H groups in total. The lowest BCUT2D eigenvalue weighted by atomic mass is 10.0. The van der Waals surface area contributed by atoms with Crippen molar-refractivity contribution in [2.45, 2.75) is 19.9 Å². The van der Waals surface area contributed by atoms with Gasteiger partial charge in [0.05, 0.1) is 0 Å². The average Bonchev–Trinajstić information content (AvgIpc) is 2.43. The molecule has 2 aromatic rings. The van der Waals surface area contributed by atoms with Gasteiger partial charge in [-0.15, -0.1) is 0 Å². The van der Waals surface area contributed by atoms with Crippen LogP contribution >= 0.6 is 0 Å². The molecule has 19 heavy (non-hydrogen) atoms. The fraction of sp³-hybridized carbons (Fsp3) is 0.250. The molecule has 0 amide bonds. The largest absolute Gasteiger partial charge is 0.313 e. The summed E-state index contributed by atoms with van der Waals surface area (Å²) in [6.45, 7) is 3.88. The minimum absolute atomic E-state index is 0.299. The van der Waals surface area contributed by atoms with Gasteiger partial charge < -0.3 is 5.32 Å². The van der Waals surface area contributed by atoms with Gasteiger partial charge in [-0.2, -0.15) is 0 Å². The Hall–Kier alpha value is -1.74. The zero-order valence-corrected chi connectivity index (χ0v) is 10.9. The van der Waals surface area contributed by atoms with E-state index in [1.165, 1.54) is 6.07 Å². The predicted molar refractivity (Wildman–Crippen MR) is 73.8 cm³/mol. The minimum Gasteiger partial charge on any atom is -0.313 e. The third-order valence-corrected chi connectivity index (χ3v) is 2.97. The highest BCUT2D eigenvalue weighted by Gasteiger charge is 2.09. The lowest BCUT2D eigenvalue weighted by molar-refractivity contribution is 0.511. The summed E-state index contributed by atoms with van der Waals surface area (Å²) in [7, 11) is 0. The number of rotatable bonds is 5. The van der Waals surface area contributed by atoms with E-state index >= 15 is 0 Å². The Morgan fingerprint density at radius 2 is 1.74 bits per heavy atom. The summed E-state index contributed by atoms with van der Waals surface area (Å²) >= 11 is 0. The third kappa shape index (κ3) is 3.38. The van der Waals surface area contributed by atoms with Crippen LogP contribution in [-0.2, 0) is 6.54 Å². The highest BCUT2D eigenvalue weighted by Crippen LogP contribution is 2.24. The Morgan fingerprint density at radius 3 is 2.42 bits per heavy atom. The molecule has 0 heterocycles. The van der Waals surface area contributed by atoms with Crippen LogP contribution in [0.25, 0.3) is 11.1 Å². The van der Waals surface area contributed by atoms with Crippen LogP contribution in [-0.4, -0.2) is 6.54 Å². The smallest absolute Gasteiger partial charge is 0.166 e. The van der Waals surface area contributed by atoms with E-state index < -0.39 is 11.6 Å². The molecule has 0 saturated carbocycles. The van der Waals surface area contributed by atoms with E-state index in [0.717, 1.165) is 31.1 Å². The molecule has 0 fully saturated rings. The van der Waals surface area contributed by atoms with Crippen molar-refractivity contribution in [3.8, 4) is 11.1 Å². The first-order valence-corrected chi connectivity index (χ1v) is 6.46. The van der Waals surface area contributed by atoms with E-state index in [1.807, 2.05) is 24.3 Å². The van der Waals surface area contributed by atoms with Crippen LogP contribution in [0.1, 0.15) is 18.9 Å². The van der Waals surface area contributed by atoms with E-state index in [0.29, 0.717) is 11.1 Å². The number of hydrogen-bond donors (Lipinski definition) is 1. The second kappa shape index (κ2) is 6.43. The van der Waals surface area contributed by atoms with E-state index in [2.05, 4.69) is 12.2 Å². The van der Waals surface area contributed by atoms with Crippen LogP contribution in [0, 0.1) is 11.6 Å². The summed E-state index contributed by atoms with van der Waals surface area (Å²) in [5.41, 5.74) is 2.12. The lowest BCUT2D eigenvalue weighted by Gasteiger charge is -2.07. The topological polar surface area (TPSA) is 12.0 Å². The molecular formula is C16H17F2N. The summed E-state index contributed by atoms with van der Waals surface area (Å²) in [5, 5.41) is 3.30. The van der Waals surface area contributed by atoms with Gasteiger partial charge in [0, 0.05) is 12.1 Å². The Labute approximate surface area is 112 Å². The molecule has 0 atom stereocenters. The molecule has 0 aliphatic heterocycles. The molecule has 100 valence electrons. The lowest BCUT2D eigenvalue weighted by Crippen LogP contribution is -2.13. The van der Waals surface area contributed by atoms with E-state index in [-0.39, 0.29) is 0 Å². The fourth-order valence-corrected chi connectivity index (χ4v) is 1.94. The Morgan fingerprint density at radius 1 is 1.00 bits per heavy atom. The second-order valence-corrected chi connectivity index (χ2v) is 4.48. The maximum absolute atomic E-state index is 13.6. The quantitative estimate of drug-likeness (QED) is 0.798. The highest BCUT2D eigenvalue weighted by atomic mass is 19.2. The molecule has 2 rings (SSSR count). The molecule has 2 aromatic carbocycles. The minimum atomic E-state index is -0.814. The SMILES string of the molecule is CCCNCc1ccc(-c2cccc(F)c2F)cc1. The molecule has 0 spiro atoms. The van der Waals surface area contributed by atoms with Crippen molar-refractivity contribution in [3.05, 3.63) is 59.7 Å². The van der Waals surface area contributed by atoms with Gasteiger partial charge in [-0.1, -0.05) is 43.3 Å². The molecule has 0 unspecified atom stereocenters. The van der Waals surface area contributed by atoms with Gasteiger partial charge in [0.15, 0.2) is 11.6 Å². The van der Waals surface area contributed by atoms with Crippen molar-refractivity contribution in [2.24, 2.45) is 0 Å². The summed E-state index contributed by atoms with van der Waals surface area (Å²) in [5.74, 6) is -1.61. The average molecular weight is 261 g/mol. The summed E-state index contributed by atoms with van der Waals surface area (Å²) < 4.78 is 26.8. The van der Waals surface area contributed by atoms with Crippen molar-refractivity contribution >= 4 is 0 Å². The monoisotopic (exact) mass is 261 g/mol. The molecule has 3 heteroatoms. The van der Waals surface area contributed by atoms with Crippen molar-refractivity contribution in [1.82, 2.24) is 5.32 Å².